The van der Waals surface area contributed by atoms with Crippen molar-refractivity contribution in [1.82, 2.24) is 10.6 Å². The van der Waals surface area contributed by atoms with Crippen LogP contribution in [-0.2, 0) is 4.79 Å². The second-order valence-electron chi connectivity index (χ2n) is 5.71. The molecule has 0 aliphatic heterocycles. The third-order valence-electron chi connectivity index (χ3n) is 3.43. The minimum Gasteiger partial charge on any atom is -0.356 e. The van der Waals surface area contributed by atoms with E-state index in [9.17, 15) is 4.79 Å². The van der Waals surface area contributed by atoms with Gasteiger partial charge in [0.1, 0.15) is 0 Å². The maximum Gasteiger partial charge on any atom is 0.216 e. The Labute approximate surface area is 145 Å². The van der Waals surface area contributed by atoms with Gasteiger partial charge in [0.15, 0.2) is 0 Å². The summed E-state index contributed by atoms with van der Waals surface area (Å²) in [5.74, 6) is 2.35. The lowest BCUT2D eigenvalue weighted by Gasteiger charge is -2.05. The van der Waals surface area contributed by atoms with Gasteiger partial charge in [-0.3, -0.25) is 4.79 Å². The zero-order chi connectivity index (χ0) is 16.3. The number of unbranched alkanes of at least 4 members (excludes halogenated alkanes) is 7. The van der Waals surface area contributed by atoms with E-state index in [1.807, 2.05) is 21.6 Å². The van der Waals surface area contributed by atoms with Crippen LogP contribution >= 0.6 is 21.6 Å². The summed E-state index contributed by atoms with van der Waals surface area (Å²) < 4.78 is 0. The average Bonchev–Trinajstić information content (AvgIpc) is 2.50. The maximum atomic E-state index is 10.7. The van der Waals surface area contributed by atoms with Crippen LogP contribution in [0.2, 0.25) is 0 Å². The Hall–Kier alpha value is 0.130. The van der Waals surface area contributed by atoms with Crippen molar-refractivity contribution in [2.45, 2.75) is 71.6 Å². The van der Waals surface area contributed by atoms with E-state index in [-0.39, 0.29) is 5.91 Å². The number of carbonyl (C=O) groups excluding carboxylic acids is 1. The molecule has 22 heavy (non-hydrogen) atoms. The van der Waals surface area contributed by atoms with Gasteiger partial charge in [-0.05, 0) is 19.4 Å². The molecule has 0 saturated heterocycles. The van der Waals surface area contributed by atoms with E-state index in [0.717, 1.165) is 25.3 Å². The number of rotatable bonds is 17. The van der Waals surface area contributed by atoms with Crippen LogP contribution in [0, 0.1) is 0 Å². The molecule has 0 unspecified atom stereocenters. The van der Waals surface area contributed by atoms with Gasteiger partial charge in [-0.25, -0.2) is 0 Å². The highest BCUT2D eigenvalue weighted by Crippen LogP contribution is 2.20. The Morgan fingerprint density at radius 1 is 0.773 bits per heavy atom. The predicted octanol–water partition coefficient (Wildman–Crippen LogP) is 4.62. The first-order valence-electron chi connectivity index (χ1n) is 8.97. The fourth-order valence-electron chi connectivity index (χ4n) is 2.14. The van der Waals surface area contributed by atoms with Crippen molar-refractivity contribution in [2.24, 2.45) is 0 Å². The zero-order valence-corrected chi connectivity index (χ0v) is 16.3. The highest BCUT2D eigenvalue weighted by atomic mass is 33.1. The van der Waals surface area contributed by atoms with E-state index >= 15 is 0 Å². The topological polar surface area (TPSA) is 41.1 Å². The van der Waals surface area contributed by atoms with Gasteiger partial charge < -0.3 is 10.6 Å². The lowest BCUT2D eigenvalue weighted by atomic mass is 10.1. The molecule has 2 N–H and O–H groups in total. The van der Waals surface area contributed by atoms with Gasteiger partial charge in [-0.15, -0.1) is 0 Å². The first kappa shape index (κ1) is 22.1. The Morgan fingerprint density at radius 2 is 1.41 bits per heavy atom. The maximum absolute atomic E-state index is 10.7. The molecular weight excluding hydrogens is 312 g/mol. The summed E-state index contributed by atoms with van der Waals surface area (Å²) in [7, 11) is 3.84. The van der Waals surface area contributed by atoms with Crippen LogP contribution in [0.1, 0.15) is 71.6 Å². The molecule has 132 valence electrons. The van der Waals surface area contributed by atoms with Crippen molar-refractivity contribution in [3.63, 3.8) is 0 Å². The Balaban J connectivity index is 2.95. The van der Waals surface area contributed by atoms with Crippen LogP contribution in [0.4, 0.5) is 0 Å². The van der Waals surface area contributed by atoms with Crippen LogP contribution in [-0.4, -0.2) is 37.0 Å². The van der Waals surface area contributed by atoms with E-state index in [1.165, 1.54) is 63.7 Å². The Bertz CT molecular complexity index is 241. The minimum absolute atomic E-state index is 0.0720. The van der Waals surface area contributed by atoms with Crippen molar-refractivity contribution in [1.29, 1.82) is 0 Å². The number of nitrogens with one attached hydrogen (secondary N) is 2. The summed E-state index contributed by atoms with van der Waals surface area (Å²) in [6.07, 6.45) is 12.2. The number of hydrogen-bond acceptors (Lipinski definition) is 4. The van der Waals surface area contributed by atoms with Crippen molar-refractivity contribution in [3.8, 4) is 0 Å². The van der Waals surface area contributed by atoms with Crippen LogP contribution in [0.3, 0.4) is 0 Å². The average molecular weight is 349 g/mol. The van der Waals surface area contributed by atoms with Crippen molar-refractivity contribution >= 4 is 27.5 Å². The molecule has 0 aliphatic rings. The number of carbonyl (C=O) groups is 1. The van der Waals surface area contributed by atoms with E-state index in [0.29, 0.717) is 0 Å². The lowest BCUT2D eigenvalue weighted by molar-refractivity contribution is -0.118. The molecular formula is C17H36N2OS2. The van der Waals surface area contributed by atoms with Crippen LogP contribution in [0.25, 0.3) is 0 Å². The molecule has 1 amide bonds. The van der Waals surface area contributed by atoms with E-state index in [2.05, 4.69) is 17.6 Å². The van der Waals surface area contributed by atoms with Gasteiger partial charge >= 0.3 is 0 Å². The standard InChI is InChI=1S/C17H36N2OS2/c1-3-4-5-6-7-8-9-10-12-18-14-16-22-21-15-11-13-19-17(2)20/h18H,3-16H2,1-2H3,(H,19,20). The van der Waals surface area contributed by atoms with Crippen LogP contribution < -0.4 is 10.6 Å². The smallest absolute Gasteiger partial charge is 0.216 e. The third-order valence-corrected chi connectivity index (χ3v) is 5.92. The molecule has 0 aromatic heterocycles. The van der Waals surface area contributed by atoms with Crippen molar-refractivity contribution < 1.29 is 4.79 Å². The van der Waals surface area contributed by atoms with Crippen molar-refractivity contribution in [2.75, 3.05) is 31.1 Å². The second-order valence-corrected chi connectivity index (χ2v) is 8.41. The number of hydrogen-bond donors (Lipinski definition) is 2. The summed E-state index contributed by atoms with van der Waals surface area (Å²) in [5, 5.41) is 6.34. The largest absolute Gasteiger partial charge is 0.356 e. The predicted molar refractivity (Wildman–Crippen MR) is 104 cm³/mol. The zero-order valence-electron chi connectivity index (χ0n) is 14.6. The third kappa shape index (κ3) is 20.1. The summed E-state index contributed by atoms with van der Waals surface area (Å²) in [6, 6.07) is 0. The molecule has 0 fully saturated rings. The SMILES string of the molecule is CCCCCCCCCCNCCSSCCCNC(C)=O. The fraction of sp³-hybridized carbons (Fsp3) is 0.941. The second kappa shape index (κ2) is 19.2. The molecule has 0 aliphatic carbocycles. The molecule has 0 spiro atoms. The van der Waals surface area contributed by atoms with Gasteiger partial charge in [0.2, 0.25) is 5.91 Å². The highest BCUT2D eigenvalue weighted by Gasteiger charge is 1.94. The van der Waals surface area contributed by atoms with Crippen molar-refractivity contribution in [3.05, 3.63) is 0 Å². The molecule has 0 radical (unpaired) electrons. The highest BCUT2D eigenvalue weighted by molar-refractivity contribution is 8.76. The van der Waals surface area contributed by atoms with E-state index in [1.54, 1.807) is 6.92 Å². The Morgan fingerprint density at radius 3 is 2.09 bits per heavy atom. The van der Waals surface area contributed by atoms with E-state index < -0.39 is 0 Å². The van der Waals surface area contributed by atoms with Gasteiger partial charge in [0.05, 0.1) is 0 Å². The summed E-state index contributed by atoms with van der Waals surface area (Å²) in [6.45, 7) is 6.93. The Kier molecular flexibility index (Phi) is 19.3. The first-order valence-corrected chi connectivity index (χ1v) is 11.5. The molecule has 0 rings (SSSR count). The van der Waals surface area contributed by atoms with Gasteiger partial charge in [0.25, 0.3) is 0 Å². The fourth-order valence-corrected chi connectivity index (χ4v) is 4.17. The van der Waals surface area contributed by atoms with E-state index in [4.69, 9.17) is 0 Å². The summed E-state index contributed by atoms with van der Waals surface area (Å²) in [5.41, 5.74) is 0. The van der Waals surface area contributed by atoms with Gasteiger partial charge in [-0.2, -0.15) is 0 Å². The molecule has 0 heterocycles. The summed E-state index contributed by atoms with van der Waals surface area (Å²) >= 11 is 0. The molecule has 0 aromatic rings. The summed E-state index contributed by atoms with van der Waals surface area (Å²) in [4.78, 5) is 10.7. The normalized spacial score (nSPS) is 10.8. The molecule has 0 aromatic carbocycles. The first-order chi connectivity index (χ1) is 10.8. The lowest BCUT2D eigenvalue weighted by Crippen LogP contribution is -2.21. The van der Waals surface area contributed by atoms with Crippen LogP contribution in [0.5, 0.6) is 0 Å². The minimum atomic E-state index is 0.0720. The quantitative estimate of drug-likeness (QED) is 0.297. The molecule has 3 nitrogen and oxygen atoms in total. The molecule has 5 heteroatoms. The van der Waals surface area contributed by atoms with Crippen LogP contribution in [0.15, 0.2) is 0 Å². The molecule has 0 bridgehead atoms. The van der Waals surface area contributed by atoms with Gasteiger partial charge in [0, 0.05) is 31.5 Å². The van der Waals surface area contributed by atoms with Gasteiger partial charge in [-0.1, -0.05) is 73.5 Å². The number of amides is 1. The molecule has 0 saturated carbocycles. The molecule has 0 atom stereocenters. The monoisotopic (exact) mass is 348 g/mol.